The molecule has 6 rings (SSSR count). The van der Waals surface area contributed by atoms with Gasteiger partial charge in [0.2, 0.25) is 0 Å². The highest BCUT2D eigenvalue weighted by molar-refractivity contribution is 6.74. The Balaban J connectivity index is 1.38. The fraction of sp³-hybridized carbons (Fsp3) is 0.469. The van der Waals surface area contributed by atoms with E-state index in [1.165, 1.54) is 0 Å². The van der Waals surface area contributed by atoms with Crippen LogP contribution >= 0.6 is 0 Å². The third-order valence-electron chi connectivity index (χ3n) is 9.27. The van der Waals surface area contributed by atoms with Crippen LogP contribution in [0.4, 0.5) is 8.78 Å². The summed E-state index contributed by atoms with van der Waals surface area (Å²) in [5, 5.41) is 0.0735. The van der Waals surface area contributed by atoms with Crippen molar-refractivity contribution in [2.45, 2.75) is 90.0 Å². The molecule has 0 amide bonds. The van der Waals surface area contributed by atoms with Crippen LogP contribution in [0.25, 0.3) is 22.2 Å². The Hall–Kier alpha value is -3.21. The molecule has 0 saturated heterocycles. The molecule has 222 valence electrons. The molecule has 4 aromatic rings. The Morgan fingerprint density at radius 1 is 0.976 bits per heavy atom. The van der Waals surface area contributed by atoms with Crippen LogP contribution in [-0.4, -0.2) is 46.4 Å². The summed E-state index contributed by atoms with van der Waals surface area (Å²) in [5.74, 6) is 1.83. The first kappa shape index (κ1) is 28.9. The van der Waals surface area contributed by atoms with E-state index in [9.17, 15) is 8.78 Å². The molecule has 2 aromatic heterocycles. The lowest BCUT2D eigenvalue weighted by Gasteiger charge is -2.42. The van der Waals surface area contributed by atoms with Crippen molar-refractivity contribution in [3.8, 4) is 16.9 Å². The summed E-state index contributed by atoms with van der Waals surface area (Å²) < 4.78 is 40.7. The van der Waals surface area contributed by atoms with Gasteiger partial charge in [0.1, 0.15) is 17.2 Å². The van der Waals surface area contributed by atoms with Gasteiger partial charge in [0.25, 0.3) is 0 Å². The Morgan fingerprint density at radius 2 is 1.69 bits per heavy atom. The number of hydrogen-bond acceptors (Lipinski definition) is 6. The number of nitrogens with zero attached hydrogens (tertiary/aromatic N) is 5. The summed E-state index contributed by atoms with van der Waals surface area (Å²) >= 11 is 0. The van der Waals surface area contributed by atoms with Crippen molar-refractivity contribution in [2.24, 2.45) is 0 Å². The zero-order valence-corrected chi connectivity index (χ0v) is 26.6. The molecular weight excluding hydrogens is 552 g/mol. The number of halogens is 2. The number of rotatable bonds is 6. The Morgan fingerprint density at radius 3 is 2.36 bits per heavy atom. The Labute approximate surface area is 247 Å². The number of aromatic nitrogens is 4. The van der Waals surface area contributed by atoms with E-state index in [0.29, 0.717) is 12.4 Å². The van der Waals surface area contributed by atoms with Crippen LogP contribution in [0, 0.1) is 0 Å². The van der Waals surface area contributed by atoms with Crippen LogP contribution in [-0.2, 0) is 16.6 Å². The second-order valence-electron chi connectivity index (χ2n) is 13.6. The lowest BCUT2D eigenvalue weighted by molar-refractivity contribution is -0.0507. The maximum absolute atomic E-state index is 13.4. The first-order valence-electron chi connectivity index (χ1n) is 14.5. The first-order chi connectivity index (χ1) is 19.7. The molecule has 2 aliphatic rings. The van der Waals surface area contributed by atoms with Gasteiger partial charge in [-0.3, -0.25) is 4.90 Å². The zero-order valence-electron chi connectivity index (χ0n) is 25.6. The molecule has 0 aliphatic carbocycles. The van der Waals surface area contributed by atoms with Gasteiger partial charge in [-0.25, -0.2) is 15.0 Å². The van der Waals surface area contributed by atoms with Gasteiger partial charge in [-0.2, -0.15) is 8.78 Å². The van der Waals surface area contributed by atoms with Crippen molar-refractivity contribution in [2.75, 3.05) is 7.05 Å². The van der Waals surface area contributed by atoms with Crippen LogP contribution in [0.3, 0.4) is 0 Å². The predicted octanol–water partition coefficient (Wildman–Crippen LogP) is 7.83. The highest BCUT2D eigenvalue weighted by Crippen LogP contribution is 2.50. The largest absolute Gasteiger partial charge is 0.434 e. The molecule has 2 bridgehead atoms. The van der Waals surface area contributed by atoms with Crippen molar-refractivity contribution in [1.82, 2.24) is 24.4 Å². The summed E-state index contributed by atoms with van der Waals surface area (Å²) in [6, 6.07) is 11.5. The smallest absolute Gasteiger partial charge is 0.387 e. The quantitative estimate of drug-likeness (QED) is 0.213. The lowest BCUT2D eigenvalue weighted by Crippen LogP contribution is -2.46. The summed E-state index contributed by atoms with van der Waals surface area (Å²) in [5.41, 5.74) is 4.86. The molecule has 7 nitrogen and oxygen atoms in total. The standard InChI is InChI=1S/C32H39F2N5O2Si/c1-31(2,3)42(7,8)41-32(4,5)29-35-16-21(17-36-29)19-12-13-22-23(14-19)39-24-15-25(28(39)37-22)38(6)18-20-10-9-11-26(27(20)24)40-30(33)34/h9-14,16-17,24-25,30H,15,18H2,1-8H3/t24-,25-/m1/s1. The predicted molar refractivity (Wildman–Crippen MR) is 162 cm³/mol. The second-order valence-corrected chi connectivity index (χ2v) is 18.3. The third-order valence-corrected chi connectivity index (χ3v) is 13.9. The van der Waals surface area contributed by atoms with Crippen LogP contribution in [0.5, 0.6) is 5.75 Å². The van der Waals surface area contributed by atoms with Crippen LogP contribution in [0.15, 0.2) is 48.8 Å². The van der Waals surface area contributed by atoms with E-state index in [1.807, 2.05) is 44.4 Å². The zero-order chi connectivity index (χ0) is 30.2. The number of fused-ring (bicyclic) bond motifs is 9. The second kappa shape index (κ2) is 9.92. The van der Waals surface area contributed by atoms with Gasteiger partial charge in [-0.1, -0.05) is 39.0 Å². The Kier molecular flexibility index (Phi) is 6.82. The maximum atomic E-state index is 13.4. The van der Waals surface area contributed by atoms with E-state index >= 15 is 0 Å². The minimum Gasteiger partial charge on any atom is -0.434 e. The number of benzene rings is 2. The summed E-state index contributed by atoms with van der Waals surface area (Å²) in [6.07, 6.45) is 4.45. The average molecular weight is 592 g/mol. The first-order valence-corrected chi connectivity index (χ1v) is 17.4. The van der Waals surface area contributed by atoms with Crippen molar-refractivity contribution < 1.29 is 17.9 Å². The minimum atomic E-state index is -2.89. The highest BCUT2D eigenvalue weighted by atomic mass is 28.4. The van der Waals surface area contributed by atoms with Gasteiger partial charge in [-0.05, 0) is 74.8 Å². The number of hydrogen-bond donors (Lipinski definition) is 0. The van der Waals surface area contributed by atoms with E-state index in [-0.39, 0.29) is 22.9 Å². The van der Waals surface area contributed by atoms with Gasteiger partial charge in [-0.15, -0.1) is 0 Å². The van der Waals surface area contributed by atoms with Crippen LogP contribution in [0.1, 0.15) is 75.9 Å². The van der Waals surface area contributed by atoms with Crippen molar-refractivity contribution >= 4 is 19.4 Å². The van der Waals surface area contributed by atoms with E-state index in [0.717, 1.165) is 45.5 Å². The van der Waals surface area contributed by atoms with E-state index in [1.54, 1.807) is 12.1 Å². The molecule has 0 N–H and O–H groups in total. The normalized spacial score (nSPS) is 19.2. The maximum Gasteiger partial charge on any atom is 0.387 e. The molecule has 0 saturated carbocycles. The van der Waals surface area contributed by atoms with Crippen LogP contribution in [0.2, 0.25) is 18.1 Å². The van der Waals surface area contributed by atoms with Gasteiger partial charge in [0, 0.05) is 30.1 Å². The molecule has 2 aliphatic heterocycles. The van der Waals surface area contributed by atoms with E-state index in [4.69, 9.17) is 24.1 Å². The number of ether oxygens (including phenoxy) is 1. The number of imidazole rings is 1. The summed E-state index contributed by atoms with van der Waals surface area (Å²) in [4.78, 5) is 16.8. The fourth-order valence-corrected chi connectivity index (χ4v) is 7.88. The molecule has 4 heterocycles. The summed E-state index contributed by atoms with van der Waals surface area (Å²) in [6.45, 7) is 13.0. The highest BCUT2D eigenvalue weighted by Gasteiger charge is 2.44. The third kappa shape index (κ3) is 4.83. The van der Waals surface area contributed by atoms with Gasteiger partial charge >= 0.3 is 6.61 Å². The van der Waals surface area contributed by atoms with Crippen molar-refractivity contribution in [3.63, 3.8) is 0 Å². The van der Waals surface area contributed by atoms with Gasteiger partial charge in [0.15, 0.2) is 14.1 Å². The minimum absolute atomic E-state index is 0.0726. The SMILES string of the molecule is CN1Cc2cccc(OC(F)F)c2[C@H]2C[C@@H]1c1nc3ccc(-c4cnc(C(C)(C)O[Si](C)(C)C(C)(C)C)nc4)cc3n12. The topological polar surface area (TPSA) is 65.3 Å². The monoisotopic (exact) mass is 591 g/mol. The number of alkyl halides is 2. The molecule has 0 radical (unpaired) electrons. The average Bonchev–Trinajstić information content (AvgIpc) is 3.39. The molecule has 42 heavy (non-hydrogen) atoms. The van der Waals surface area contributed by atoms with Crippen molar-refractivity contribution in [1.29, 1.82) is 0 Å². The van der Waals surface area contributed by atoms with E-state index < -0.39 is 20.5 Å². The molecule has 2 aromatic carbocycles. The lowest BCUT2D eigenvalue weighted by atomic mass is 9.98. The molecular formula is C32H39F2N5O2Si. The molecule has 0 unspecified atom stereocenters. The molecule has 0 fully saturated rings. The van der Waals surface area contributed by atoms with Gasteiger partial charge in [0.05, 0.1) is 23.1 Å². The van der Waals surface area contributed by atoms with Gasteiger partial charge < -0.3 is 13.7 Å². The Bertz CT molecular complexity index is 1650. The molecule has 0 spiro atoms. The van der Waals surface area contributed by atoms with Crippen molar-refractivity contribution in [3.05, 3.63) is 71.6 Å². The molecule has 10 heteroatoms. The fourth-order valence-electron chi connectivity index (χ4n) is 6.21. The summed E-state index contributed by atoms with van der Waals surface area (Å²) in [7, 11) is 0.0276. The van der Waals surface area contributed by atoms with Crippen LogP contribution < -0.4 is 4.74 Å². The van der Waals surface area contributed by atoms with E-state index in [2.05, 4.69) is 56.4 Å². The molecule has 2 atom stereocenters.